The molecule has 1 N–H and O–H groups in total. The first-order chi connectivity index (χ1) is 10.6. The molecular weight excluding hydrogens is 306 g/mol. The second-order valence-corrected chi connectivity index (χ2v) is 5.37. The normalized spacial score (nSPS) is 17.6. The molecule has 0 aromatic heterocycles. The number of carbonyl (C=O) groups is 2. The van der Waals surface area contributed by atoms with Gasteiger partial charge in [0.05, 0.1) is 6.10 Å². The van der Waals surface area contributed by atoms with Gasteiger partial charge in [-0.2, -0.15) is 0 Å². The molecule has 0 saturated carbocycles. The Morgan fingerprint density at radius 2 is 2.32 bits per heavy atom. The number of hydrogen-bond acceptors (Lipinski definition) is 4. The van der Waals surface area contributed by atoms with Crippen LogP contribution >= 0.6 is 11.6 Å². The van der Waals surface area contributed by atoms with Crippen LogP contribution in [0, 0.1) is 0 Å². The molecule has 6 heteroatoms. The van der Waals surface area contributed by atoms with E-state index in [1.165, 1.54) is 6.08 Å². The third kappa shape index (κ3) is 5.87. The van der Waals surface area contributed by atoms with E-state index in [1.54, 1.807) is 24.3 Å². The molecular formula is C16H18ClNO4. The van der Waals surface area contributed by atoms with Crippen molar-refractivity contribution in [2.75, 3.05) is 19.8 Å². The summed E-state index contributed by atoms with van der Waals surface area (Å²) in [5.74, 6) is -0.910. The van der Waals surface area contributed by atoms with Crippen LogP contribution in [0.2, 0.25) is 5.02 Å². The van der Waals surface area contributed by atoms with Gasteiger partial charge in [-0.3, -0.25) is 4.79 Å². The van der Waals surface area contributed by atoms with Crippen LogP contribution in [0.3, 0.4) is 0 Å². The zero-order valence-corrected chi connectivity index (χ0v) is 12.8. The zero-order chi connectivity index (χ0) is 15.8. The highest BCUT2D eigenvalue weighted by molar-refractivity contribution is 6.30. The molecule has 1 aromatic rings. The van der Waals surface area contributed by atoms with Gasteiger partial charge in [-0.25, -0.2) is 4.79 Å². The molecule has 0 aliphatic carbocycles. The van der Waals surface area contributed by atoms with Crippen LogP contribution in [0.15, 0.2) is 30.3 Å². The second-order valence-electron chi connectivity index (χ2n) is 4.94. The van der Waals surface area contributed by atoms with Gasteiger partial charge in [-0.15, -0.1) is 0 Å². The molecule has 5 nitrogen and oxygen atoms in total. The Morgan fingerprint density at radius 3 is 3.05 bits per heavy atom. The van der Waals surface area contributed by atoms with Crippen molar-refractivity contribution in [2.45, 2.75) is 18.9 Å². The molecule has 2 rings (SSSR count). The Labute approximate surface area is 134 Å². The minimum absolute atomic E-state index is 0.0716. The summed E-state index contributed by atoms with van der Waals surface area (Å²) in [4.78, 5) is 23.1. The first-order valence-corrected chi connectivity index (χ1v) is 7.50. The number of nitrogens with one attached hydrogen (secondary N) is 1. The molecule has 0 bridgehead atoms. The second kappa shape index (κ2) is 8.56. The van der Waals surface area contributed by atoms with E-state index in [2.05, 4.69) is 5.32 Å². The van der Waals surface area contributed by atoms with Crippen molar-refractivity contribution in [3.05, 3.63) is 40.9 Å². The van der Waals surface area contributed by atoms with E-state index in [4.69, 9.17) is 21.1 Å². The average Bonchev–Trinajstić information content (AvgIpc) is 3.02. The predicted octanol–water partition coefficient (Wildman–Crippen LogP) is 2.19. The summed E-state index contributed by atoms with van der Waals surface area (Å²) in [5, 5.41) is 3.27. The maximum absolute atomic E-state index is 11.5. The Balaban J connectivity index is 1.67. The Hall–Kier alpha value is -1.85. The minimum atomic E-state index is -0.577. The van der Waals surface area contributed by atoms with Gasteiger partial charge in [0, 0.05) is 24.3 Å². The summed E-state index contributed by atoms with van der Waals surface area (Å²) in [5.41, 5.74) is 0.785. The lowest BCUT2D eigenvalue weighted by Crippen LogP contribution is -2.34. The Morgan fingerprint density at radius 1 is 1.45 bits per heavy atom. The molecule has 1 aliphatic rings. The van der Waals surface area contributed by atoms with Crippen molar-refractivity contribution < 1.29 is 19.1 Å². The van der Waals surface area contributed by atoms with E-state index in [1.807, 2.05) is 6.07 Å². The number of hydrogen-bond donors (Lipinski definition) is 1. The first kappa shape index (κ1) is 16.5. The molecule has 0 radical (unpaired) electrons. The minimum Gasteiger partial charge on any atom is -0.452 e. The summed E-state index contributed by atoms with van der Waals surface area (Å²) in [6.07, 6.45) is 4.88. The molecule has 1 atom stereocenters. The van der Waals surface area contributed by atoms with Crippen molar-refractivity contribution in [2.24, 2.45) is 0 Å². The smallest absolute Gasteiger partial charge is 0.331 e. The predicted molar refractivity (Wildman–Crippen MR) is 83.4 cm³/mol. The van der Waals surface area contributed by atoms with Gasteiger partial charge in [0.15, 0.2) is 6.61 Å². The van der Waals surface area contributed by atoms with Crippen molar-refractivity contribution in [1.82, 2.24) is 5.32 Å². The van der Waals surface area contributed by atoms with E-state index < -0.39 is 5.97 Å². The quantitative estimate of drug-likeness (QED) is 0.644. The fourth-order valence-electron chi connectivity index (χ4n) is 2.04. The highest BCUT2D eigenvalue weighted by Gasteiger charge is 2.16. The van der Waals surface area contributed by atoms with Crippen molar-refractivity contribution in [1.29, 1.82) is 0 Å². The van der Waals surface area contributed by atoms with E-state index in [0.717, 1.165) is 25.0 Å². The number of halogens is 1. The molecule has 0 spiro atoms. The number of ether oxygens (including phenoxy) is 2. The fourth-order valence-corrected chi connectivity index (χ4v) is 2.24. The third-order valence-corrected chi connectivity index (χ3v) is 3.39. The lowest BCUT2D eigenvalue weighted by atomic mass is 10.2. The zero-order valence-electron chi connectivity index (χ0n) is 12.1. The Bertz CT molecular complexity index is 553. The summed E-state index contributed by atoms with van der Waals surface area (Å²) in [6, 6.07) is 7.06. The average molecular weight is 324 g/mol. The summed E-state index contributed by atoms with van der Waals surface area (Å²) in [7, 11) is 0. The maximum Gasteiger partial charge on any atom is 0.331 e. The number of amides is 1. The van der Waals surface area contributed by atoms with Crippen LogP contribution in [-0.4, -0.2) is 37.7 Å². The topological polar surface area (TPSA) is 64.6 Å². The molecule has 1 saturated heterocycles. The van der Waals surface area contributed by atoms with Gasteiger partial charge in [0.25, 0.3) is 5.91 Å². The molecule has 1 fully saturated rings. The first-order valence-electron chi connectivity index (χ1n) is 7.12. The molecule has 0 unspecified atom stereocenters. The van der Waals surface area contributed by atoms with Crippen LogP contribution in [-0.2, 0) is 19.1 Å². The van der Waals surface area contributed by atoms with E-state index in [-0.39, 0.29) is 18.6 Å². The van der Waals surface area contributed by atoms with E-state index in [9.17, 15) is 9.59 Å². The van der Waals surface area contributed by atoms with Crippen LogP contribution in [0.1, 0.15) is 18.4 Å². The van der Waals surface area contributed by atoms with Crippen molar-refractivity contribution in [3.63, 3.8) is 0 Å². The Kier molecular flexibility index (Phi) is 6.43. The van der Waals surface area contributed by atoms with Gasteiger partial charge < -0.3 is 14.8 Å². The summed E-state index contributed by atoms with van der Waals surface area (Å²) >= 11 is 5.84. The monoisotopic (exact) mass is 323 g/mol. The van der Waals surface area contributed by atoms with E-state index >= 15 is 0 Å². The van der Waals surface area contributed by atoms with Crippen molar-refractivity contribution in [3.8, 4) is 0 Å². The van der Waals surface area contributed by atoms with Crippen LogP contribution in [0.4, 0.5) is 0 Å². The highest BCUT2D eigenvalue weighted by atomic mass is 35.5. The number of benzene rings is 1. The van der Waals surface area contributed by atoms with Crippen LogP contribution < -0.4 is 5.32 Å². The van der Waals surface area contributed by atoms with Gasteiger partial charge in [-0.1, -0.05) is 23.7 Å². The lowest BCUT2D eigenvalue weighted by molar-refractivity contribution is -0.143. The largest absolute Gasteiger partial charge is 0.452 e. The van der Waals surface area contributed by atoms with Gasteiger partial charge >= 0.3 is 5.97 Å². The van der Waals surface area contributed by atoms with Crippen LogP contribution in [0.5, 0.6) is 0 Å². The van der Waals surface area contributed by atoms with Crippen molar-refractivity contribution >= 4 is 29.6 Å². The van der Waals surface area contributed by atoms with Gasteiger partial charge in [0.2, 0.25) is 0 Å². The molecule has 1 heterocycles. The van der Waals surface area contributed by atoms with Gasteiger partial charge in [-0.05, 0) is 36.6 Å². The summed E-state index contributed by atoms with van der Waals surface area (Å²) in [6.45, 7) is 0.893. The van der Waals surface area contributed by atoms with E-state index in [0.29, 0.717) is 11.6 Å². The molecule has 1 aromatic carbocycles. The number of esters is 1. The molecule has 1 aliphatic heterocycles. The number of rotatable bonds is 6. The van der Waals surface area contributed by atoms with Gasteiger partial charge in [0.1, 0.15) is 0 Å². The lowest BCUT2D eigenvalue weighted by Gasteiger charge is -2.10. The summed E-state index contributed by atoms with van der Waals surface area (Å²) < 4.78 is 10.2. The molecule has 22 heavy (non-hydrogen) atoms. The highest BCUT2D eigenvalue weighted by Crippen LogP contribution is 2.12. The van der Waals surface area contributed by atoms with Crippen LogP contribution in [0.25, 0.3) is 6.08 Å². The maximum atomic E-state index is 11.5. The molecule has 118 valence electrons. The fraction of sp³-hybridized carbons (Fsp3) is 0.375. The third-order valence-electron chi connectivity index (χ3n) is 3.16. The molecule has 1 amide bonds. The SMILES string of the molecule is O=C(COC(=O)/C=C/c1cccc(Cl)c1)NC[C@@H]1CCCO1. The standard InChI is InChI=1S/C16H18ClNO4/c17-13-4-1-3-12(9-13)6-7-16(20)22-11-15(19)18-10-14-5-2-8-21-14/h1,3-4,6-7,9,14H,2,5,8,10-11H2,(H,18,19)/b7-6+/t14-/m0/s1. The number of carbonyl (C=O) groups excluding carboxylic acids is 2.